The van der Waals surface area contributed by atoms with Gasteiger partial charge in [0.1, 0.15) is 18.1 Å². The van der Waals surface area contributed by atoms with Crippen molar-refractivity contribution >= 4 is 29.4 Å². The number of ether oxygens (including phenoxy) is 2. The predicted molar refractivity (Wildman–Crippen MR) is 143 cm³/mol. The van der Waals surface area contributed by atoms with Crippen LogP contribution in [0.25, 0.3) is 16.9 Å². The summed E-state index contributed by atoms with van der Waals surface area (Å²) in [6, 6.07) is 19.7. The van der Waals surface area contributed by atoms with Crippen LogP contribution in [-0.4, -0.2) is 60.2 Å². The Labute approximate surface area is 224 Å². The van der Waals surface area contributed by atoms with Crippen LogP contribution in [0.15, 0.2) is 79.0 Å². The van der Waals surface area contributed by atoms with E-state index in [-0.39, 0.29) is 42.0 Å². The van der Waals surface area contributed by atoms with Crippen molar-refractivity contribution in [3.8, 4) is 22.7 Å². The molecule has 0 aliphatic rings. The molecule has 0 atom stereocenters. The minimum absolute atomic E-state index is 0.178. The van der Waals surface area contributed by atoms with E-state index in [0.717, 1.165) is 5.56 Å². The number of hydrogen-bond donors (Lipinski definition) is 1. The maximum absolute atomic E-state index is 13.6. The first kappa shape index (κ1) is 26.8. The highest BCUT2D eigenvalue weighted by molar-refractivity contribution is 6.33. The summed E-state index contributed by atoms with van der Waals surface area (Å²) in [5, 5.41) is 3.08. The number of carbonyl (C=O) groups excluding carboxylic acids is 2. The number of imidazole rings is 1. The number of hydrogen-bond acceptors (Lipinski definition) is 5. The molecule has 1 aromatic heterocycles. The summed E-state index contributed by atoms with van der Waals surface area (Å²) >= 11 is 6.22. The number of aromatic nitrogens is 2. The Hall–Kier alpha value is -4.21. The molecule has 1 heterocycles. The van der Waals surface area contributed by atoms with Crippen molar-refractivity contribution in [3.05, 3.63) is 95.4 Å². The highest BCUT2D eigenvalue weighted by Crippen LogP contribution is 2.26. The van der Waals surface area contributed by atoms with Gasteiger partial charge in [-0.25, -0.2) is 9.37 Å². The van der Waals surface area contributed by atoms with Crippen LogP contribution in [0.3, 0.4) is 0 Å². The Morgan fingerprint density at radius 3 is 2.39 bits per heavy atom. The van der Waals surface area contributed by atoms with Gasteiger partial charge in [0.05, 0.1) is 30.0 Å². The highest BCUT2D eigenvalue weighted by Gasteiger charge is 2.22. The lowest BCUT2D eigenvalue weighted by molar-refractivity contribution is -0.117. The first-order valence-electron chi connectivity index (χ1n) is 11.7. The summed E-state index contributed by atoms with van der Waals surface area (Å²) in [5.74, 6) is -0.356. The first-order chi connectivity index (χ1) is 18.4. The maximum atomic E-state index is 13.6. The van der Waals surface area contributed by atoms with Gasteiger partial charge in [-0.05, 0) is 60.7 Å². The molecular weight excluding hydrogens is 511 g/mol. The van der Waals surface area contributed by atoms with Gasteiger partial charge in [-0.1, -0.05) is 23.7 Å². The van der Waals surface area contributed by atoms with Crippen molar-refractivity contribution in [3.63, 3.8) is 0 Å². The van der Waals surface area contributed by atoms with E-state index >= 15 is 0 Å². The third-order valence-electron chi connectivity index (χ3n) is 5.74. The van der Waals surface area contributed by atoms with Crippen LogP contribution >= 0.6 is 11.6 Å². The Balaban J connectivity index is 1.61. The van der Waals surface area contributed by atoms with Crippen LogP contribution in [0.2, 0.25) is 5.02 Å². The Morgan fingerprint density at radius 1 is 1.03 bits per heavy atom. The van der Waals surface area contributed by atoms with Crippen molar-refractivity contribution in [1.82, 2.24) is 14.5 Å². The summed E-state index contributed by atoms with van der Waals surface area (Å²) in [5.41, 5.74) is 2.25. The SMILES string of the molecule is COCCN(CC(=O)Nc1nc(-c2ccc(OC)cc2)cn1-c1ccc(F)cc1)C(=O)c1ccccc1Cl. The van der Waals surface area contributed by atoms with Crippen molar-refractivity contribution in [1.29, 1.82) is 0 Å². The molecule has 10 heteroatoms. The van der Waals surface area contributed by atoms with Gasteiger partial charge in [-0.2, -0.15) is 0 Å². The largest absolute Gasteiger partial charge is 0.497 e. The molecule has 8 nitrogen and oxygen atoms in total. The molecule has 0 saturated heterocycles. The van der Waals surface area contributed by atoms with Gasteiger partial charge < -0.3 is 14.4 Å². The molecule has 0 aliphatic heterocycles. The van der Waals surface area contributed by atoms with Crippen molar-refractivity contribution in [2.24, 2.45) is 0 Å². The number of anilines is 1. The molecule has 0 saturated carbocycles. The van der Waals surface area contributed by atoms with Crippen LogP contribution in [-0.2, 0) is 9.53 Å². The molecule has 3 aromatic carbocycles. The lowest BCUT2D eigenvalue weighted by Gasteiger charge is -2.22. The average Bonchev–Trinajstić information content (AvgIpc) is 3.34. The zero-order valence-electron chi connectivity index (χ0n) is 20.9. The third kappa shape index (κ3) is 6.37. The van der Waals surface area contributed by atoms with E-state index in [4.69, 9.17) is 21.1 Å². The number of methoxy groups -OCH3 is 2. The minimum Gasteiger partial charge on any atom is -0.497 e. The average molecular weight is 537 g/mol. The predicted octanol–water partition coefficient (Wildman–Crippen LogP) is 5.07. The number of rotatable bonds is 10. The monoisotopic (exact) mass is 536 g/mol. The van der Waals surface area contributed by atoms with Gasteiger partial charge in [0.2, 0.25) is 11.9 Å². The number of benzene rings is 3. The van der Waals surface area contributed by atoms with E-state index in [0.29, 0.717) is 17.1 Å². The fourth-order valence-corrected chi connectivity index (χ4v) is 3.98. The zero-order chi connectivity index (χ0) is 27.1. The topological polar surface area (TPSA) is 85.7 Å². The van der Waals surface area contributed by atoms with Crippen LogP contribution in [0, 0.1) is 5.82 Å². The van der Waals surface area contributed by atoms with Gasteiger partial charge in [-0.3, -0.25) is 19.5 Å². The Kier molecular flexibility index (Phi) is 8.73. The molecule has 4 rings (SSSR count). The minimum atomic E-state index is -0.475. The fourth-order valence-electron chi connectivity index (χ4n) is 3.76. The van der Waals surface area contributed by atoms with Crippen molar-refractivity contribution in [2.45, 2.75) is 0 Å². The van der Waals surface area contributed by atoms with Gasteiger partial charge >= 0.3 is 0 Å². The molecule has 196 valence electrons. The van der Waals surface area contributed by atoms with E-state index in [9.17, 15) is 14.0 Å². The van der Waals surface area contributed by atoms with Gasteiger partial charge in [0.25, 0.3) is 5.91 Å². The van der Waals surface area contributed by atoms with E-state index in [1.807, 2.05) is 12.1 Å². The molecule has 0 radical (unpaired) electrons. The summed E-state index contributed by atoms with van der Waals surface area (Å²) in [7, 11) is 3.09. The highest BCUT2D eigenvalue weighted by atomic mass is 35.5. The van der Waals surface area contributed by atoms with Crippen molar-refractivity contribution in [2.75, 3.05) is 39.2 Å². The molecule has 1 N–H and O–H groups in total. The fraction of sp³-hybridized carbons (Fsp3) is 0.179. The van der Waals surface area contributed by atoms with E-state index in [1.54, 1.807) is 66.4 Å². The Bertz CT molecular complexity index is 1410. The zero-order valence-corrected chi connectivity index (χ0v) is 21.6. The second-order valence-corrected chi connectivity index (χ2v) is 8.68. The normalized spacial score (nSPS) is 10.7. The van der Waals surface area contributed by atoms with E-state index in [1.165, 1.54) is 24.1 Å². The molecule has 0 bridgehead atoms. The van der Waals surface area contributed by atoms with Gasteiger partial charge in [-0.15, -0.1) is 0 Å². The quantitative estimate of drug-likeness (QED) is 0.306. The van der Waals surface area contributed by atoms with Crippen LogP contribution in [0.5, 0.6) is 5.75 Å². The molecule has 0 aliphatic carbocycles. The van der Waals surface area contributed by atoms with Crippen LogP contribution in [0.1, 0.15) is 10.4 Å². The molecule has 38 heavy (non-hydrogen) atoms. The summed E-state index contributed by atoms with van der Waals surface area (Å²) in [4.78, 5) is 32.3. The second-order valence-electron chi connectivity index (χ2n) is 8.27. The second kappa shape index (κ2) is 12.4. The molecule has 0 fully saturated rings. The number of amides is 2. The summed E-state index contributed by atoms with van der Waals surface area (Å²) in [6.45, 7) is 0.147. The smallest absolute Gasteiger partial charge is 0.255 e. The van der Waals surface area contributed by atoms with E-state index < -0.39 is 11.8 Å². The molecule has 4 aromatic rings. The number of nitrogens with zero attached hydrogens (tertiary/aromatic N) is 3. The lowest BCUT2D eigenvalue weighted by Crippen LogP contribution is -2.40. The van der Waals surface area contributed by atoms with Gasteiger partial charge in [0.15, 0.2) is 0 Å². The number of nitrogens with one attached hydrogen (secondary N) is 1. The van der Waals surface area contributed by atoms with Gasteiger partial charge in [0, 0.05) is 31.1 Å². The summed E-state index contributed by atoms with van der Waals surface area (Å²) < 4.78 is 25.6. The summed E-state index contributed by atoms with van der Waals surface area (Å²) in [6.07, 6.45) is 1.74. The van der Waals surface area contributed by atoms with Crippen molar-refractivity contribution < 1.29 is 23.5 Å². The molecular formula is C28H26ClFN4O4. The maximum Gasteiger partial charge on any atom is 0.255 e. The Morgan fingerprint density at radius 2 is 1.74 bits per heavy atom. The molecule has 0 spiro atoms. The number of carbonyl (C=O) groups is 2. The van der Waals surface area contributed by atoms with Crippen LogP contribution in [0.4, 0.5) is 10.3 Å². The first-order valence-corrected chi connectivity index (χ1v) is 12.1. The lowest BCUT2D eigenvalue weighted by atomic mass is 10.1. The molecule has 0 unspecified atom stereocenters. The standard InChI is InChI=1S/C28H26ClFN4O4/c1-37-16-15-33(27(36)23-5-3-4-6-24(23)29)18-26(35)32-28-31-25(19-7-13-22(38-2)14-8-19)17-34(28)21-11-9-20(30)10-12-21/h3-14,17H,15-16,18H2,1-2H3,(H,31,32,35). The molecule has 2 amide bonds. The van der Waals surface area contributed by atoms with Crippen LogP contribution < -0.4 is 10.1 Å². The number of halogens is 2. The van der Waals surface area contributed by atoms with E-state index in [2.05, 4.69) is 10.3 Å². The third-order valence-corrected chi connectivity index (χ3v) is 6.07.